The summed E-state index contributed by atoms with van der Waals surface area (Å²) >= 11 is 0. The highest BCUT2D eigenvalue weighted by molar-refractivity contribution is 5.95. The number of nitrogens with zero attached hydrogens (tertiary/aromatic N) is 1. The summed E-state index contributed by atoms with van der Waals surface area (Å²) in [5, 5.41) is 8.04. The molecule has 1 saturated heterocycles. The number of carbonyl (C=O) groups excluding carboxylic acids is 2. The predicted molar refractivity (Wildman–Crippen MR) is 61.1 cm³/mol. The SMILES string of the molecule is CCNC(=O)NC(=O)CN(C)C1CCNC1. The fourth-order valence-corrected chi connectivity index (χ4v) is 1.74. The molecular formula is C10H20N4O2. The Hall–Kier alpha value is -1.14. The largest absolute Gasteiger partial charge is 0.338 e. The first-order valence-electron chi connectivity index (χ1n) is 5.62. The molecule has 16 heavy (non-hydrogen) atoms. The number of carbonyl (C=O) groups is 2. The van der Waals surface area contributed by atoms with Crippen molar-refractivity contribution in [3.05, 3.63) is 0 Å². The van der Waals surface area contributed by atoms with Gasteiger partial charge in [0.1, 0.15) is 0 Å². The monoisotopic (exact) mass is 228 g/mol. The first-order chi connectivity index (χ1) is 7.63. The molecule has 1 rings (SSSR count). The molecule has 0 aromatic heterocycles. The Morgan fingerprint density at radius 2 is 2.25 bits per heavy atom. The Balaban J connectivity index is 2.24. The lowest BCUT2D eigenvalue weighted by molar-refractivity contribution is -0.121. The third-order valence-corrected chi connectivity index (χ3v) is 2.64. The van der Waals surface area contributed by atoms with Crippen LogP contribution >= 0.6 is 0 Å². The summed E-state index contributed by atoms with van der Waals surface area (Å²) in [6.07, 6.45) is 1.05. The molecule has 0 saturated carbocycles. The normalized spacial score (nSPS) is 19.8. The van der Waals surface area contributed by atoms with E-state index in [1.807, 2.05) is 11.9 Å². The fourth-order valence-electron chi connectivity index (χ4n) is 1.74. The smallest absolute Gasteiger partial charge is 0.321 e. The van der Waals surface area contributed by atoms with Crippen LogP contribution in [0.5, 0.6) is 0 Å². The summed E-state index contributed by atoms with van der Waals surface area (Å²) in [4.78, 5) is 24.5. The van der Waals surface area contributed by atoms with Gasteiger partial charge < -0.3 is 10.6 Å². The minimum Gasteiger partial charge on any atom is -0.338 e. The molecule has 3 N–H and O–H groups in total. The molecule has 0 aromatic rings. The van der Waals surface area contributed by atoms with E-state index in [0.29, 0.717) is 12.6 Å². The molecule has 1 atom stereocenters. The van der Waals surface area contributed by atoms with Crippen molar-refractivity contribution in [2.75, 3.05) is 33.2 Å². The van der Waals surface area contributed by atoms with Crippen LogP contribution in [0.4, 0.5) is 4.79 Å². The van der Waals surface area contributed by atoms with Gasteiger partial charge in [0.25, 0.3) is 0 Å². The average Bonchev–Trinajstić information content (AvgIpc) is 2.69. The lowest BCUT2D eigenvalue weighted by Crippen LogP contribution is -2.46. The van der Waals surface area contributed by atoms with Crippen molar-refractivity contribution in [1.29, 1.82) is 0 Å². The van der Waals surface area contributed by atoms with Gasteiger partial charge in [0, 0.05) is 19.1 Å². The molecule has 0 aliphatic carbocycles. The van der Waals surface area contributed by atoms with Crippen molar-refractivity contribution in [1.82, 2.24) is 20.9 Å². The van der Waals surface area contributed by atoms with Gasteiger partial charge in [-0.2, -0.15) is 0 Å². The van der Waals surface area contributed by atoms with E-state index >= 15 is 0 Å². The Morgan fingerprint density at radius 1 is 1.50 bits per heavy atom. The van der Waals surface area contributed by atoms with Gasteiger partial charge in [-0.25, -0.2) is 4.79 Å². The van der Waals surface area contributed by atoms with Gasteiger partial charge in [0.2, 0.25) is 5.91 Å². The number of nitrogens with one attached hydrogen (secondary N) is 3. The van der Waals surface area contributed by atoms with Crippen LogP contribution in [0, 0.1) is 0 Å². The number of urea groups is 1. The molecule has 6 heteroatoms. The molecule has 1 aliphatic heterocycles. The minimum atomic E-state index is -0.426. The zero-order valence-electron chi connectivity index (χ0n) is 9.88. The van der Waals surface area contributed by atoms with E-state index in [4.69, 9.17) is 0 Å². The standard InChI is InChI=1S/C10H20N4O2/c1-3-12-10(16)13-9(15)7-14(2)8-4-5-11-6-8/h8,11H,3-7H2,1-2H3,(H2,12,13,15,16). The number of hydrogen-bond donors (Lipinski definition) is 3. The van der Waals surface area contributed by atoms with Gasteiger partial charge in [0.05, 0.1) is 6.54 Å². The maximum Gasteiger partial charge on any atom is 0.321 e. The minimum absolute atomic E-state index is 0.253. The van der Waals surface area contributed by atoms with Gasteiger partial charge in [-0.3, -0.25) is 15.0 Å². The third-order valence-electron chi connectivity index (χ3n) is 2.64. The van der Waals surface area contributed by atoms with Gasteiger partial charge in [-0.15, -0.1) is 0 Å². The average molecular weight is 228 g/mol. The number of likely N-dealkylation sites (N-methyl/N-ethyl adjacent to an activating group) is 1. The molecule has 0 radical (unpaired) electrons. The Kier molecular flexibility index (Phi) is 5.21. The molecule has 6 nitrogen and oxygen atoms in total. The summed E-state index contributed by atoms with van der Waals surface area (Å²) < 4.78 is 0. The highest BCUT2D eigenvalue weighted by Crippen LogP contribution is 2.04. The first-order valence-corrected chi connectivity index (χ1v) is 5.62. The quantitative estimate of drug-likeness (QED) is 0.584. The van der Waals surface area contributed by atoms with Gasteiger partial charge in [0.15, 0.2) is 0 Å². The second-order valence-electron chi connectivity index (χ2n) is 3.97. The topological polar surface area (TPSA) is 73.5 Å². The zero-order valence-corrected chi connectivity index (χ0v) is 9.88. The van der Waals surface area contributed by atoms with Crippen molar-refractivity contribution >= 4 is 11.9 Å². The molecule has 1 fully saturated rings. The second kappa shape index (κ2) is 6.44. The summed E-state index contributed by atoms with van der Waals surface area (Å²) in [5.74, 6) is -0.264. The van der Waals surface area contributed by atoms with Crippen LogP contribution in [-0.4, -0.2) is 56.1 Å². The van der Waals surface area contributed by atoms with E-state index in [2.05, 4.69) is 16.0 Å². The second-order valence-corrected chi connectivity index (χ2v) is 3.97. The summed E-state index contributed by atoms with van der Waals surface area (Å²) in [7, 11) is 1.90. The molecule has 0 bridgehead atoms. The molecule has 3 amide bonds. The highest BCUT2D eigenvalue weighted by Gasteiger charge is 2.21. The van der Waals surface area contributed by atoms with Crippen LogP contribution < -0.4 is 16.0 Å². The molecule has 92 valence electrons. The summed E-state index contributed by atoms with van der Waals surface area (Å²) in [6, 6.07) is -0.0366. The van der Waals surface area contributed by atoms with Crippen LogP contribution in [0.15, 0.2) is 0 Å². The maximum atomic E-state index is 11.5. The van der Waals surface area contributed by atoms with Crippen LogP contribution in [0.2, 0.25) is 0 Å². The van der Waals surface area contributed by atoms with Crippen molar-refractivity contribution in [2.45, 2.75) is 19.4 Å². The van der Waals surface area contributed by atoms with E-state index in [-0.39, 0.29) is 12.5 Å². The zero-order chi connectivity index (χ0) is 12.0. The molecule has 1 heterocycles. The Bertz CT molecular complexity index is 251. The lowest BCUT2D eigenvalue weighted by atomic mass is 10.2. The number of rotatable bonds is 4. The molecular weight excluding hydrogens is 208 g/mol. The van der Waals surface area contributed by atoms with Crippen LogP contribution in [0.1, 0.15) is 13.3 Å². The Labute approximate surface area is 95.8 Å². The number of hydrogen-bond acceptors (Lipinski definition) is 4. The van der Waals surface area contributed by atoms with Crippen molar-refractivity contribution in [3.8, 4) is 0 Å². The van der Waals surface area contributed by atoms with E-state index in [1.165, 1.54) is 0 Å². The Morgan fingerprint density at radius 3 is 2.81 bits per heavy atom. The molecule has 0 aromatic carbocycles. The van der Waals surface area contributed by atoms with Crippen molar-refractivity contribution < 1.29 is 9.59 Å². The molecule has 1 unspecified atom stereocenters. The summed E-state index contributed by atoms with van der Waals surface area (Å²) in [5.41, 5.74) is 0. The van der Waals surface area contributed by atoms with E-state index in [0.717, 1.165) is 19.5 Å². The molecule has 0 spiro atoms. The predicted octanol–water partition coefficient (Wildman–Crippen LogP) is -0.874. The van der Waals surface area contributed by atoms with E-state index < -0.39 is 6.03 Å². The lowest BCUT2D eigenvalue weighted by Gasteiger charge is -2.22. The summed E-state index contributed by atoms with van der Waals surface area (Å²) in [6.45, 7) is 4.48. The van der Waals surface area contributed by atoms with Crippen molar-refractivity contribution in [3.63, 3.8) is 0 Å². The van der Waals surface area contributed by atoms with Crippen LogP contribution in [-0.2, 0) is 4.79 Å². The van der Waals surface area contributed by atoms with E-state index in [1.54, 1.807) is 6.92 Å². The first kappa shape index (κ1) is 12.9. The van der Waals surface area contributed by atoms with Gasteiger partial charge in [-0.05, 0) is 26.9 Å². The van der Waals surface area contributed by atoms with Crippen LogP contribution in [0.3, 0.4) is 0 Å². The maximum absolute atomic E-state index is 11.5. The molecule has 1 aliphatic rings. The third kappa shape index (κ3) is 4.16. The number of imide groups is 1. The van der Waals surface area contributed by atoms with Gasteiger partial charge >= 0.3 is 6.03 Å². The highest BCUT2D eigenvalue weighted by atomic mass is 16.2. The van der Waals surface area contributed by atoms with Crippen LogP contribution in [0.25, 0.3) is 0 Å². The number of amides is 3. The fraction of sp³-hybridized carbons (Fsp3) is 0.800. The van der Waals surface area contributed by atoms with Gasteiger partial charge in [-0.1, -0.05) is 0 Å². The van der Waals surface area contributed by atoms with E-state index in [9.17, 15) is 9.59 Å². The van der Waals surface area contributed by atoms with Crippen molar-refractivity contribution in [2.24, 2.45) is 0 Å².